The largest absolute Gasteiger partial charge is 0.316 e. The van der Waals surface area contributed by atoms with Crippen LogP contribution in [0.15, 0.2) is 24.5 Å². The zero-order chi connectivity index (χ0) is 10.8. The first-order valence-electron chi connectivity index (χ1n) is 5.92. The highest BCUT2D eigenvalue weighted by atomic mass is 15.2. The normalized spacial score (nSPS) is 21.4. The summed E-state index contributed by atoms with van der Waals surface area (Å²) in [6.07, 6.45) is 7.43. The summed E-state index contributed by atoms with van der Waals surface area (Å²) in [5.74, 6) is 0.735. The summed E-state index contributed by atoms with van der Waals surface area (Å²) in [6, 6.07) is 4.00. The Bertz CT molecular complexity index is 438. The Balaban J connectivity index is 1.78. The van der Waals surface area contributed by atoms with Crippen LogP contribution in [0.1, 0.15) is 18.5 Å². The van der Waals surface area contributed by atoms with Crippen LogP contribution >= 0.6 is 0 Å². The Labute approximate surface area is 94.7 Å². The third kappa shape index (κ3) is 1.93. The minimum atomic E-state index is 0.735. The van der Waals surface area contributed by atoms with Gasteiger partial charge in [0.2, 0.25) is 0 Å². The van der Waals surface area contributed by atoms with Crippen molar-refractivity contribution in [2.24, 2.45) is 5.92 Å². The van der Waals surface area contributed by atoms with Gasteiger partial charge in [-0.2, -0.15) is 5.10 Å². The van der Waals surface area contributed by atoms with Gasteiger partial charge in [0.15, 0.2) is 5.65 Å². The highest BCUT2D eigenvalue weighted by Crippen LogP contribution is 2.16. The molecule has 1 atom stereocenters. The average Bonchev–Trinajstić information content (AvgIpc) is 2.72. The number of fused-ring (bicyclic) bond motifs is 1. The van der Waals surface area contributed by atoms with E-state index in [0.29, 0.717) is 0 Å². The lowest BCUT2D eigenvalue weighted by molar-refractivity contribution is 0.373. The molecule has 2 aromatic rings. The molecule has 0 aromatic carbocycles. The fourth-order valence-electron chi connectivity index (χ4n) is 2.37. The SMILES string of the molecule is c1cnc2cc(CC3CCCNC3)nn2c1. The predicted molar refractivity (Wildman–Crippen MR) is 62.3 cm³/mol. The van der Waals surface area contributed by atoms with E-state index < -0.39 is 0 Å². The third-order valence-corrected chi connectivity index (χ3v) is 3.18. The van der Waals surface area contributed by atoms with Crippen molar-refractivity contribution in [3.8, 4) is 0 Å². The number of hydrogen-bond acceptors (Lipinski definition) is 3. The van der Waals surface area contributed by atoms with Crippen LogP contribution < -0.4 is 5.32 Å². The molecule has 0 amide bonds. The van der Waals surface area contributed by atoms with E-state index in [1.807, 2.05) is 23.0 Å². The molecule has 1 aliphatic heterocycles. The van der Waals surface area contributed by atoms with Crippen LogP contribution in [-0.2, 0) is 6.42 Å². The summed E-state index contributed by atoms with van der Waals surface area (Å²) < 4.78 is 1.85. The van der Waals surface area contributed by atoms with E-state index in [1.165, 1.54) is 19.4 Å². The molecule has 1 aliphatic rings. The van der Waals surface area contributed by atoms with E-state index in [0.717, 1.165) is 30.2 Å². The Morgan fingerprint density at radius 1 is 1.50 bits per heavy atom. The molecular formula is C12H16N4. The zero-order valence-electron chi connectivity index (χ0n) is 9.26. The van der Waals surface area contributed by atoms with Gasteiger partial charge in [-0.05, 0) is 44.3 Å². The van der Waals surface area contributed by atoms with Crippen molar-refractivity contribution in [1.82, 2.24) is 19.9 Å². The van der Waals surface area contributed by atoms with Gasteiger partial charge in [0.05, 0.1) is 5.69 Å². The van der Waals surface area contributed by atoms with Crippen molar-refractivity contribution >= 4 is 5.65 Å². The predicted octanol–water partition coefficient (Wildman–Crippen LogP) is 1.27. The summed E-state index contributed by atoms with van der Waals surface area (Å²) in [7, 11) is 0. The zero-order valence-corrected chi connectivity index (χ0v) is 9.26. The fraction of sp³-hybridized carbons (Fsp3) is 0.500. The van der Waals surface area contributed by atoms with E-state index in [9.17, 15) is 0 Å². The van der Waals surface area contributed by atoms with Crippen molar-refractivity contribution in [1.29, 1.82) is 0 Å². The van der Waals surface area contributed by atoms with E-state index in [1.54, 1.807) is 0 Å². The highest BCUT2D eigenvalue weighted by molar-refractivity contribution is 5.38. The molecule has 0 aliphatic carbocycles. The van der Waals surface area contributed by atoms with Crippen molar-refractivity contribution in [2.75, 3.05) is 13.1 Å². The van der Waals surface area contributed by atoms with Gasteiger partial charge in [-0.3, -0.25) is 0 Å². The van der Waals surface area contributed by atoms with Crippen molar-refractivity contribution in [3.05, 3.63) is 30.2 Å². The molecule has 3 rings (SSSR count). The van der Waals surface area contributed by atoms with Gasteiger partial charge in [0.1, 0.15) is 0 Å². The number of rotatable bonds is 2. The van der Waals surface area contributed by atoms with Crippen LogP contribution in [-0.4, -0.2) is 27.7 Å². The van der Waals surface area contributed by atoms with Crippen LogP contribution in [0, 0.1) is 5.92 Å². The molecule has 1 unspecified atom stereocenters. The molecule has 0 saturated carbocycles. The van der Waals surface area contributed by atoms with Gasteiger partial charge in [-0.1, -0.05) is 0 Å². The molecular weight excluding hydrogens is 200 g/mol. The topological polar surface area (TPSA) is 42.2 Å². The van der Waals surface area contributed by atoms with Crippen LogP contribution in [0.3, 0.4) is 0 Å². The van der Waals surface area contributed by atoms with Gasteiger partial charge in [-0.25, -0.2) is 9.50 Å². The quantitative estimate of drug-likeness (QED) is 0.822. The second-order valence-electron chi connectivity index (χ2n) is 4.47. The third-order valence-electron chi connectivity index (χ3n) is 3.18. The smallest absolute Gasteiger partial charge is 0.155 e. The highest BCUT2D eigenvalue weighted by Gasteiger charge is 2.15. The first-order chi connectivity index (χ1) is 7.92. The molecule has 0 spiro atoms. The number of piperidine rings is 1. The van der Waals surface area contributed by atoms with Crippen LogP contribution in [0.5, 0.6) is 0 Å². The first-order valence-corrected chi connectivity index (χ1v) is 5.92. The monoisotopic (exact) mass is 216 g/mol. The van der Waals surface area contributed by atoms with Crippen molar-refractivity contribution in [2.45, 2.75) is 19.3 Å². The number of aromatic nitrogens is 3. The molecule has 1 saturated heterocycles. The molecule has 1 N–H and O–H groups in total. The summed E-state index contributed by atoms with van der Waals surface area (Å²) in [4.78, 5) is 4.28. The molecule has 2 aromatic heterocycles. The Kier molecular flexibility index (Phi) is 2.58. The molecule has 3 heterocycles. The van der Waals surface area contributed by atoms with Crippen molar-refractivity contribution in [3.63, 3.8) is 0 Å². The Hall–Kier alpha value is -1.42. The number of nitrogens with one attached hydrogen (secondary N) is 1. The molecule has 16 heavy (non-hydrogen) atoms. The van der Waals surface area contributed by atoms with Gasteiger partial charge in [0.25, 0.3) is 0 Å². The molecule has 0 radical (unpaired) electrons. The molecule has 4 nitrogen and oxygen atoms in total. The maximum absolute atomic E-state index is 4.53. The number of hydrogen-bond donors (Lipinski definition) is 1. The van der Waals surface area contributed by atoms with E-state index in [4.69, 9.17) is 0 Å². The maximum Gasteiger partial charge on any atom is 0.155 e. The number of nitrogens with zero attached hydrogens (tertiary/aromatic N) is 3. The lowest BCUT2D eigenvalue weighted by Gasteiger charge is -2.21. The lowest BCUT2D eigenvalue weighted by Crippen LogP contribution is -2.30. The first kappa shape index (κ1) is 9.78. The summed E-state index contributed by atoms with van der Waals surface area (Å²) in [5, 5.41) is 7.97. The minimum absolute atomic E-state index is 0.735. The van der Waals surface area contributed by atoms with E-state index in [-0.39, 0.29) is 0 Å². The molecule has 84 valence electrons. The lowest BCUT2D eigenvalue weighted by atomic mass is 9.95. The van der Waals surface area contributed by atoms with Gasteiger partial charge in [0, 0.05) is 18.5 Å². The second kappa shape index (κ2) is 4.22. The van der Waals surface area contributed by atoms with Crippen LogP contribution in [0.4, 0.5) is 0 Å². The summed E-state index contributed by atoms with van der Waals surface area (Å²) >= 11 is 0. The molecule has 4 heteroatoms. The van der Waals surface area contributed by atoms with Gasteiger partial charge >= 0.3 is 0 Å². The van der Waals surface area contributed by atoms with Crippen LogP contribution in [0.2, 0.25) is 0 Å². The maximum atomic E-state index is 4.53. The summed E-state index contributed by atoms with van der Waals surface area (Å²) in [5.41, 5.74) is 2.11. The molecule has 0 bridgehead atoms. The minimum Gasteiger partial charge on any atom is -0.316 e. The average molecular weight is 216 g/mol. The Morgan fingerprint density at radius 3 is 3.31 bits per heavy atom. The summed E-state index contributed by atoms with van der Waals surface area (Å²) in [6.45, 7) is 2.30. The van der Waals surface area contributed by atoms with Gasteiger partial charge < -0.3 is 5.32 Å². The Morgan fingerprint density at radius 2 is 2.50 bits per heavy atom. The molecule has 1 fully saturated rings. The van der Waals surface area contributed by atoms with Crippen LogP contribution in [0.25, 0.3) is 5.65 Å². The van der Waals surface area contributed by atoms with Gasteiger partial charge in [-0.15, -0.1) is 0 Å². The van der Waals surface area contributed by atoms with E-state index >= 15 is 0 Å². The standard InChI is InChI=1S/C12H16N4/c1-3-10(9-13-4-1)7-11-8-12-14-5-2-6-16(12)15-11/h2,5-6,8,10,13H,1,3-4,7,9H2. The second-order valence-corrected chi connectivity index (χ2v) is 4.47. The van der Waals surface area contributed by atoms with E-state index in [2.05, 4.69) is 21.5 Å². The van der Waals surface area contributed by atoms with Crippen molar-refractivity contribution < 1.29 is 0 Å². The fourth-order valence-corrected chi connectivity index (χ4v) is 2.37.